The number of primary amides is 1. The van der Waals surface area contributed by atoms with Gasteiger partial charge in [0.15, 0.2) is 5.84 Å². The first kappa shape index (κ1) is 9.69. The molecule has 1 rings (SSSR count). The summed E-state index contributed by atoms with van der Waals surface area (Å²) in [6.07, 6.45) is 0. The Morgan fingerprint density at radius 1 is 1.77 bits per heavy atom. The highest BCUT2D eigenvalue weighted by molar-refractivity contribution is 7.12. The molecule has 0 aliphatic carbocycles. The highest BCUT2D eigenvalue weighted by Gasteiger charge is 2.14. The molecule has 5 N–H and O–H groups in total. The average molecular weight is 198 g/mol. The van der Waals surface area contributed by atoms with Crippen molar-refractivity contribution in [1.82, 2.24) is 5.48 Å². The first-order chi connectivity index (χ1) is 6.07. The zero-order chi connectivity index (χ0) is 10.0. The van der Waals surface area contributed by atoms with Crippen LogP contribution in [0, 0.1) is 12.3 Å². The maximum atomic E-state index is 10.8. The molecule has 5 nitrogen and oxygen atoms in total. The minimum atomic E-state index is -0.585. The molecule has 1 heterocycles. The molecule has 0 spiro atoms. The van der Waals surface area contributed by atoms with Crippen LogP contribution in [0.4, 0.5) is 0 Å². The number of hydrogen-bond acceptors (Lipinski definition) is 4. The predicted octanol–water partition coefficient (Wildman–Crippen LogP) is 0.333. The van der Waals surface area contributed by atoms with Gasteiger partial charge in [-0.25, -0.2) is 0 Å². The van der Waals surface area contributed by atoms with E-state index in [-0.39, 0.29) is 11.4 Å². The van der Waals surface area contributed by atoms with E-state index in [9.17, 15) is 4.79 Å². The number of carbonyl (C=O) groups is 1. The third kappa shape index (κ3) is 1.68. The van der Waals surface area contributed by atoms with Crippen molar-refractivity contribution in [1.29, 1.82) is 5.41 Å². The minimum Gasteiger partial charge on any atom is -0.366 e. The second-order valence-corrected chi connectivity index (χ2v) is 3.19. The van der Waals surface area contributed by atoms with E-state index in [0.717, 1.165) is 11.3 Å². The summed E-state index contributed by atoms with van der Waals surface area (Å²) in [7, 11) is 0. The number of amidine groups is 1. The smallest absolute Gasteiger partial charge is 0.249 e. The highest BCUT2D eigenvalue weighted by atomic mass is 32.1. The molecule has 0 atom stereocenters. The number of carbonyl (C=O) groups excluding carboxylic acids is 1. The number of rotatable bonds is 2. The van der Waals surface area contributed by atoms with E-state index in [0.29, 0.717) is 10.4 Å². The van der Waals surface area contributed by atoms with E-state index in [1.54, 1.807) is 5.48 Å². The van der Waals surface area contributed by atoms with Crippen LogP contribution < -0.4 is 11.2 Å². The van der Waals surface area contributed by atoms with Gasteiger partial charge in [0.2, 0.25) is 5.91 Å². The fourth-order valence-corrected chi connectivity index (χ4v) is 1.76. The average Bonchev–Trinajstić information content (AvgIpc) is 2.46. The van der Waals surface area contributed by atoms with Crippen LogP contribution in [0.25, 0.3) is 0 Å². The third-order valence-electron chi connectivity index (χ3n) is 1.50. The second-order valence-electron chi connectivity index (χ2n) is 2.31. The number of nitrogens with two attached hydrogens (primary N) is 1. The zero-order valence-electron chi connectivity index (χ0n) is 6.63. The maximum Gasteiger partial charge on any atom is 0.249 e. The maximum absolute atomic E-state index is 10.8. The Morgan fingerprint density at radius 2 is 2.38 bits per heavy atom. The summed E-state index contributed by atoms with van der Waals surface area (Å²) in [5.41, 5.74) is 7.36. The molecule has 0 fully saturated rings. The van der Waals surface area contributed by atoms with E-state index in [1.807, 2.05) is 0 Å². The number of thiophene rings is 1. The molecule has 0 unspecified atom stereocenters. The van der Waals surface area contributed by atoms with Gasteiger partial charge in [0, 0.05) is 5.38 Å². The Morgan fingerprint density at radius 3 is 2.77 bits per heavy atom. The molecular formula is C7H8N3O2S. The van der Waals surface area contributed by atoms with Crippen LogP contribution in [0.3, 0.4) is 0 Å². The third-order valence-corrected chi connectivity index (χ3v) is 2.54. The molecule has 0 aliphatic heterocycles. The van der Waals surface area contributed by atoms with E-state index in [1.165, 1.54) is 5.38 Å². The van der Waals surface area contributed by atoms with Crippen LogP contribution in [0.15, 0.2) is 5.38 Å². The molecule has 0 saturated carbocycles. The van der Waals surface area contributed by atoms with Crippen LogP contribution in [0.5, 0.6) is 0 Å². The first-order valence-corrected chi connectivity index (χ1v) is 4.18. The lowest BCUT2D eigenvalue weighted by Gasteiger charge is -1.99. The van der Waals surface area contributed by atoms with Gasteiger partial charge in [0.25, 0.3) is 0 Å². The predicted molar refractivity (Wildman–Crippen MR) is 49.0 cm³/mol. The van der Waals surface area contributed by atoms with E-state index >= 15 is 0 Å². The lowest BCUT2D eigenvalue weighted by atomic mass is 10.1. The van der Waals surface area contributed by atoms with E-state index in [4.69, 9.17) is 16.4 Å². The Kier molecular flexibility index (Phi) is 2.64. The summed E-state index contributed by atoms with van der Waals surface area (Å²) in [4.78, 5) is 11.2. The minimum absolute atomic E-state index is 0.192. The van der Waals surface area contributed by atoms with Crippen molar-refractivity contribution < 1.29 is 10.0 Å². The van der Waals surface area contributed by atoms with Crippen molar-refractivity contribution in [3.63, 3.8) is 0 Å². The monoisotopic (exact) mass is 198 g/mol. The van der Waals surface area contributed by atoms with Crippen molar-refractivity contribution >= 4 is 23.1 Å². The molecular weight excluding hydrogens is 190 g/mol. The number of hydroxylamine groups is 1. The lowest BCUT2D eigenvalue weighted by Crippen LogP contribution is -2.19. The van der Waals surface area contributed by atoms with Gasteiger partial charge in [-0.3, -0.25) is 20.9 Å². The SMILES string of the molecule is [CH2]c1c(C(N)=O)csc1C(=N)NO. The van der Waals surface area contributed by atoms with Crippen LogP contribution in [0.1, 0.15) is 20.8 Å². The largest absolute Gasteiger partial charge is 0.366 e. The number of amides is 1. The molecule has 0 bridgehead atoms. The van der Waals surface area contributed by atoms with Crippen LogP contribution in [-0.4, -0.2) is 17.0 Å². The van der Waals surface area contributed by atoms with Crippen molar-refractivity contribution in [3.8, 4) is 0 Å². The van der Waals surface area contributed by atoms with Gasteiger partial charge in [-0.2, -0.15) is 0 Å². The van der Waals surface area contributed by atoms with Crippen molar-refractivity contribution in [2.45, 2.75) is 0 Å². The summed E-state index contributed by atoms with van der Waals surface area (Å²) in [6.45, 7) is 3.59. The summed E-state index contributed by atoms with van der Waals surface area (Å²) in [6, 6.07) is 0. The van der Waals surface area contributed by atoms with Crippen molar-refractivity contribution in [2.24, 2.45) is 5.73 Å². The quantitative estimate of drug-likeness (QED) is 0.313. The van der Waals surface area contributed by atoms with Crippen molar-refractivity contribution in [2.75, 3.05) is 0 Å². The summed E-state index contributed by atoms with van der Waals surface area (Å²) < 4.78 is 0. The molecule has 1 aromatic heterocycles. The molecule has 0 aromatic carbocycles. The molecule has 1 amide bonds. The summed E-state index contributed by atoms with van der Waals surface area (Å²) in [5, 5.41) is 17.2. The Balaban J connectivity index is 3.13. The summed E-state index contributed by atoms with van der Waals surface area (Å²) >= 11 is 1.13. The van der Waals surface area contributed by atoms with Gasteiger partial charge in [0.1, 0.15) is 0 Å². The topological polar surface area (TPSA) is 99.2 Å². The summed E-state index contributed by atoms with van der Waals surface area (Å²) in [5.74, 6) is -0.777. The Hall–Kier alpha value is -1.40. The van der Waals surface area contributed by atoms with Crippen LogP contribution in [-0.2, 0) is 0 Å². The van der Waals surface area contributed by atoms with Gasteiger partial charge in [0.05, 0.1) is 10.4 Å². The number of hydrogen-bond donors (Lipinski definition) is 4. The Labute approximate surface area is 78.7 Å². The highest BCUT2D eigenvalue weighted by Crippen LogP contribution is 2.20. The van der Waals surface area contributed by atoms with E-state index in [2.05, 4.69) is 6.92 Å². The van der Waals surface area contributed by atoms with E-state index < -0.39 is 5.91 Å². The molecule has 6 heteroatoms. The van der Waals surface area contributed by atoms with Gasteiger partial charge < -0.3 is 5.73 Å². The standard InChI is InChI=1S/C7H8N3O2S/c1-3-4(7(9)11)2-13-5(3)6(8)10-12/h2,12H,1H2,(H2,8,10)(H2,9,11). The van der Waals surface area contributed by atoms with Gasteiger partial charge >= 0.3 is 0 Å². The van der Waals surface area contributed by atoms with Gasteiger partial charge in [-0.05, 0) is 12.5 Å². The van der Waals surface area contributed by atoms with Gasteiger partial charge in [-0.1, -0.05) is 0 Å². The molecule has 1 radical (unpaired) electrons. The lowest BCUT2D eigenvalue weighted by molar-refractivity contribution is 0.100. The van der Waals surface area contributed by atoms with Crippen LogP contribution >= 0.6 is 11.3 Å². The fraction of sp³-hybridized carbons (Fsp3) is 0. The molecule has 13 heavy (non-hydrogen) atoms. The molecule has 0 aliphatic rings. The second kappa shape index (κ2) is 3.55. The molecule has 0 saturated heterocycles. The van der Waals surface area contributed by atoms with Crippen molar-refractivity contribution in [3.05, 3.63) is 28.3 Å². The number of nitrogens with one attached hydrogen (secondary N) is 2. The first-order valence-electron chi connectivity index (χ1n) is 3.30. The Bertz CT molecular complexity index is 359. The molecule has 69 valence electrons. The molecule has 1 aromatic rings. The van der Waals surface area contributed by atoms with Gasteiger partial charge in [-0.15, -0.1) is 11.3 Å². The fourth-order valence-electron chi connectivity index (χ4n) is 0.850. The van der Waals surface area contributed by atoms with Crippen LogP contribution in [0.2, 0.25) is 0 Å². The normalized spacial score (nSPS) is 9.69. The zero-order valence-corrected chi connectivity index (χ0v) is 7.44.